The van der Waals surface area contributed by atoms with E-state index in [1.807, 2.05) is 0 Å². The molecule has 2 bridgehead atoms. The zero-order valence-electron chi connectivity index (χ0n) is 9.10. The van der Waals surface area contributed by atoms with Crippen LogP contribution in [0.5, 0.6) is 0 Å². The predicted molar refractivity (Wildman–Crippen MR) is 57.9 cm³/mol. The number of hydrogen-bond acceptors (Lipinski definition) is 0. The van der Waals surface area contributed by atoms with E-state index in [4.69, 9.17) is 0 Å². The Morgan fingerprint density at radius 3 is 2.67 bits per heavy atom. The highest BCUT2D eigenvalue weighted by atomic mass is 14.8. The summed E-state index contributed by atoms with van der Waals surface area (Å²) >= 11 is 0. The van der Waals surface area contributed by atoms with Crippen LogP contribution < -0.4 is 0 Å². The van der Waals surface area contributed by atoms with Gasteiger partial charge in [-0.25, -0.2) is 0 Å². The zero-order chi connectivity index (χ0) is 9.47. The third-order valence-corrected chi connectivity index (χ3v) is 7.83. The maximum Gasteiger partial charge on any atom is -0.0138 e. The smallest absolute Gasteiger partial charge is 0.0138 e. The van der Waals surface area contributed by atoms with Crippen molar-refractivity contribution in [3.63, 3.8) is 0 Å². The summed E-state index contributed by atoms with van der Waals surface area (Å²) in [4.78, 5) is 0. The molecule has 0 aromatic heterocycles. The fourth-order valence-electron chi connectivity index (χ4n) is 8.14. The van der Waals surface area contributed by atoms with Gasteiger partial charge < -0.3 is 0 Å². The van der Waals surface area contributed by atoms with Crippen LogP contribution in [0.25, 0.3) is 0 Å². The van der Waals surface area contributed by atoms with E-state index >= 15 is 0 Å². The van der Waals surface area contributed by atoms with Crippen molar-refractivity contribution in [3.05, 3.63) is 12.2 Å². The van der Waals surface area contributed by atoms with Crippen LogP contribution in [0.4, 0.5) is 0 Å². The summed E-state index contributed by atoms with van der Waals surface area (Å²) in [6.45, 7) is 4.52. The van der Waals surface area contributed by atoms with Crippen molar-refractivity contribution in [1.82, 2.24) is 0 Å². The minimum Gasteiger partial charge on any atom is -0.0993 e. The van der Waals surface area contributed by atoms with Gasteiger partial charge in [-0.05, 0) is 78.4 Å². The maximum absolute atomic E-state index is 4.52. The second kappa shape index (κ2) is 1.75. The lowest BCUT2D eigenvalue weighted by atomic mass is 9.72. The Morgan fingerprint density at radius 1 is 0.800 bits per heavy atom. The molecule has 0 nitrogen and oxygen atoms in total. The highest BCUT2D eigenvalue weighted by Crippen LogP contribution is 2.83. The fourth-order valence-corrected chi connectivity index (χ4v) is 8.14. The Kier molecular flexibility index (Phi) is 0.831. The van der Waals surface area contributed by atoms with Gasteiger partial charge in [0.05, 0.1) is 0 Å². The monoisotopic (exact) mass is 198 g/mol. The summed E-state index contributed by atoms with van der Waals surface area (Å²) in [6.07, 6.45) is 4.82. The minimum absolute atomic E-state index is 1.01. The Balaban J connectivity index is 1.74. The average Bonchev–Trinajstić information content (AvgIpc) is 2.88. The van der Waals surface area contributed by atoms with Crippen molar-refractivity contribution in [1.29, 1.82) is 0 Å². The van der Waals surface area contributed by atoms with Gasteiger partial charge in [-0.2, -0.15) is 0 Å². The molecule has 0 aromatic carbocycles. The van der Waals surface area contributed by atoms with E-state index in [2.05, 4.69) is 6.58 Å². The first-order valence-electron chi connectivity index (χ1n) is 7.05. The molecule has 0 saturated heterocycles. The van der Waals surface area contributed by atoms with Crippen molar-refractivity contribution in [2.75, 3.05) is 0 Å². The van der Waals surface area contributed by atoms with E-state index in [0.29, 0.717) is 0 Å². The van der Waals surface area contributed by atoms with Gasteiger partial charge in [-0.3, -0.25) is 0 Å². The van der Waals surface area contributed by atoms with Crippen LogP contribution >= 0.6 is 0 Å². The topological polar surface area (TPSA) is 0 Å². The molecule has 0 heterocycles. The first-order valence-corrected chi connectivity index (χ1v) is 7.05. The summed E-state index contributed by atoms with van der Waals surface area (Å²) < 4.78 is 0. The Morgan fingerprint density at radius 2 is 1.73 bits per heavy atom. The van der Waals surface area contributed by atoms with Gasteiger partial charge in [0, 0.05) is 0 Å². The van der Waals surface area contributed by atoms with Crippen LogP contribution in [-0.4, -0.2) is 0 Å². The minimum atomic E-state index is 1.01. The first kappa shape index (κ1) is 7.14. The van der Waals surface area contributed by atoms with Crippen molar-refractivity contribution in [3.8, 4) is 0 Å². The molecular weight excluding hydrogens is 180 g/mol. The SMILES string of the molecule is C=C1C2CC3CC4C5CC6C4C3C2C6C15. The van der Waals surface area contributed by atoms with E-state index in [1.54, 1.807) is 24.8 Å². The Labute approximate surface area is 91.1 Å². The highest BCUT2D eigenvalue weighted by molar-refractivity contribution is 5.35. The molecule has 0 amide bonds. The number of allylic oxidation sites excluding steroid dienone is 1. The Bertz CT molecular complexity index is 406. The molecule has 0 aliphatic heterocycles. The van der Waals surface area contributed by atoms with E-state index in [0.717, 1.165) is 35.5 Å². The van der Waals surface area contributed by atoms with Crippen molar-refractivity contribution in [2.45, 2.75) is 19.3 Å². The summed E-state index contributed by atoms with van der Waals surface area (Å²) in [6, 6.07) is 0. The van der Waals surface area contributed by atoms with Gasteiger partial charge >= 0.3 is 0 Å². The van der Waals surface area contributed by atoms with E-state index in [-0.39, 0.29) is 0 Å². The van der Waals surface area contributed by atoms with Crippen molar-refractivity contribution >= 4 is 0 Å². The second-order valence-corrected chi connectivity index (χ2v) is 7.48. The quantitative estimate of drug-likeness (QED) is 0.525. The molecule has 6 aliphatic rings. The summed E-state index contributed by atoms with van der Waals surface area (Å²) in [5.41, 5.74) is 1.74. The molecule has 0 aromatic rings. The molecule has 15 heavy (non-hydrogen) atoms. The molecule has 0 radical (unpaired) electrons. The molecule has 6 rings (SSSR count). The molecule has 0 heteroatoms. The predicted octanol–water partition coefficient (Wildman–Crippen LogP) is 2.96. The van der Waals surface area contributed by atoms with Crippen LogP contribution in [0.2, 0.25) is 0 Å². The molecule has 0 N–H and O–H groups in total. The lowest BCUT2D eigenvalue weighted by Gasteiger charge is -2.33. The first-order chi connectivity index (χ1) is 7.36. The normalized spacial score (nSPS) is 79.3. The molecule has 0 spiro atoms. The third kappa shape index (κ3) is 0.466. The highest BCUT2D eigenvalue weighted by Gasteiger charge is 2.78. The molecule has 6 aliphatic carbocycles. The van der Waals surface area contributed by atoms with Gasteiger partial charge in [0.15, 0.2) is 0 Å². The van der Waals surface area contributed by atoms with E-state index in [1.165, 1.54) is 23.7 Å². The van der Waals surface area contributed by atoms with Crippen LogP contribution in [0.1, 0.15) is 19.3 Å². The largest absolute Gasteiger partial charge is 0.0993 e. The van der Waals surface area contributed by atoms with Crippen LogP contribution in [-0.2, 0) is 0 Å². The van der Waals surface area contributed by atoms with Crippen LogP contribution in [0.3, 0.4) is 0 Å². The third-order valence-electron chi connectivity index (χ3n) is 7.83. The molecule has 10 atom stereocenters. The maximum atomic E-state index is 4.52. The van der Waals surface area contributed by atoms with E-state index in [9.17, 15) is 0 Å². The standard InChI is InChI=1S/C15H18/c1-5-7-2-6-3-8-9-4-10-13(8)12(6)14(7)15(10)11(5)9/h6-15H,1-4H2. The van der Waals surface area contributed by atoms with Gasteiger partial charge in [-0.1, -0.05) is 12.2 Å². The summed E-state index contributed by atoms with van der Waals surface area (Å²) in [7, 11) is 0. The van der Waals surface area contributed by atoms with Gasteiger partial charge in [-0.15, -0.1) is 0 Å². The van der Waals surface area contributed by atoms with Gasteiger partial charge in [0.1, 0.15) is 0 Å². The van der Waals surface area contributed by atoms with Crippen LogP contribution in [0.15, 0.2) is 12.2 Å². The number of hydrogen-bond donors (Lipinski definition) is 0. The van der Waals surface area contributed by atoms with Gasteiger partial charge in [0.2, 0.25) is 0 Å². The summed E-state index contributed by atoms with van der Waals surface area (Å²) in [5, 5.41) is 0. The second-order valence-electron chi connectivity index (χ2n) is 7.48. The lowest BCUT2D eigenvalue weighted by molar-refractivity contribution is 0.190. The molecule has 6 saturated carbocycles. The van der Waals surface area contributed by atoms with Crippen LogP contribution in [0, 0.1) is 59.2 Å². The number of rotatable bonds is 0. The van der Waals surface area contributed by atoms with E-state index < -0.39 is 0 Å². The van der Waals surface area contributed by atoms with Crippen molar-refractivity contribution in [2.24, 2.45) is 59.2 Å². The Hall–Kier alpha value is -0.260. The molecule has 10 unspecified atom stereocenters. The lowest BCUT2D eigenvalue weighted by Crippen LogP contribution is -2.27. The molecule has 78 valence electrons. The molecular formula is C15H18. The molecule has 6 fully saturated rings. The van der Waals surface area contributed by atoms with Crippen molar-refractivity contribution < 1.29 is 0 Å². The fraction of sp³-hybridized carbons (Fsp3) is 0.867. The summed E-state index contributed by atoms with van der Waals surface area (Å²) in [5.74, 6) is 11.4. The zero-order valence-corrected chi connectivity index (χ0v) is 9.10. The van der Waals surface area contributed by atoms with Gasteiger partial charge in [0.25, 0.3) is 0 Å². The number of fused-ring (bicyclic) bond motifs is 3. The average molecular weight is 198 g/mol.